The third-order valence-corrected chi connectivity index (χ3v) is 5.99. The van der Waals surface area contributed by atoms with Crippen LogP contribution in [0.25, 0.3) is 10.2 Å². The summed E-state index contributed by atoms with van der Waals surface area (Å²) in [5.41, 5.74) is 0.824. The summed E-state index contributed by atoms with van der Waals surface area (Å²) in [7, 11) is 1.83. The number of benzene rings is 1. The first kappa shape index (κ1) is 15.2. The van der Waals surface area contributed by atoms with Crippen LogP contribution in [0.2, 0.25) is 10.0 Å². The van der Waals surface area contributed by atoms with Gasteiger partial charge in [-0.15, -0.1) is 11.3 Å². The second-order valence-corrected chi connectivity index (χ2v) is 8.51. The molecule has 21 heavy (non-hydrogen) atoms. The highest BCUT2D eigenvalue weighted by Gasteiger charge is 2.11. The van der Waals surface area contributed by atoms with E-state index in [0.717, 1.165) is 14.0 Å². The van der Waals surface area contributed by atoms with Crippen molar-refractivity contribution in [2.75, 3.05) is 0 Å². The Kier molecular flexibility index (Phi) is 4.25. The number of carbonyl (C=O) groups is 1. The molecule has 3 rings (SSSR count). The van der Waals surface area contributed by atoms with E-state index in [4.69, 9.17) is 23.2 Å². The molecule has 0 aliphatic carbocycles. The highest BCUT2D eigenvalue weighted by Crippen LogP contribution is 2.29. The normalized spacial score (nSPS) is 12.3. The molecule has 0 aliphatic heterocycles. The SMILES string of the molecule is Cn1c(=NC(=O)c2ccc(Br)s2)sc2cc(Cl)cc(Cl)c21. The van der Waals surface area contributed by atoms with E-state index in [2.05, 4.69) is 20.9 Å². The highest BCUT2D eigenvalue weighted by molar-refractivity contribution is 9.11. The van der Waals surface area contributed by atoms with Crippen molar-refractivity contribution < 1.29 is 4.79 Å². The van der Waals surface area contributed by atoms with Gasteiger partial charge >= 0.3 is 0 Å². The van der Waals surface area contributed by atoms with Gasteiger partial charge in [0, 0.05) is 12.1 Å². The van der Waals surface area contributed by atoms with Crippen LogP contribution in [0.1, 0.15) is 9.67 Å². The molecule has 0 aliphatic rings. The topological polar surface area (TPSA) is 34.4 Å². The van der Waals surface area contributed by atoms with E-state index in [1.807, 2.05) is 19.2 Å². The molecule has 0 fully saturated rings. The Morgan fingerprint density at radius 1 is 1.29 bits per heavy atom. The van der Waals surface area contributed by atoms with Gasteiger partial charge in [0.2, 0.25) is 0 Å². The molecule has 1 amide bonds. The summed E-state index contributed by atoms with van der Waals surface area (Å²) in [5.74, 6) is -0.268. The Bertz CT molecular complexity index is 926. The van der Waals surface area contributed by atoms with Gasteiger partial charge in [-0.05, 0) is 40.2 Å². The zero-order valence-corrected chi connectivity index (χ0v) is 15.3. The first-order chi connectivity index (χ1) is 9.95. The van der Waals surface area contributed by atoms with Gasteiger partial charge in [0.25, 0.3) is 5.91 Å². The Morgan fingerprint density at radius 3 is 2.71 bits per heavy atom. The fourth-order valence-electron chi connectivity index (χ4n) is 1.88. The number of hydrogen-bond donors (Lipinski definition) is 0. The highest BCUT2D eigenvalue weighted by atomic mass is 79.9. The zero-order chi connectivity index (χ0) is 15.1. The average Bonchev–Trinajstić information content (AvgIpc) is 2.94. The molecule has 0 atom stereocenters. The van der Waals surface area contributed by atoms with Crippen LogP contribution >= 0.6 is 61.8 Å². The van der Waals surface area contributed by atoms with Gasteiger partial charge in [-0.3, -0.25) is 4.79 Å². The van der Waals surface area contributed by atoms with Crippen molar-refractivity contribution in [3.63, 3.8) is 0 Å². The minimum Gasteiger partial charge on any atom is -0.318 e. The van der Waals surface area contributed by atoms with Crippen molar-refractivity contribution in [3.05, 3.63) is 47.8 Å². The monoisotopic (exact) mass is 420 g/mol. The second-order valence-electron chi connectivity index (χ2n) is 4.20. The number of amides is 1. The number of halogens is 3. The number of aromatic nitrogens is 1. The van der Waals surface area contributed by atoms with Crippen molar-refractivity contribution >= 4 is 77.9 Å². The summed E-state index contributed by atoms with van der Waals surface area (Å²) in [6.07, 6.45) is 0. The van der Waals surface area contributed by atoms with Crippen molar-refractivity contribution in [3.8, 4) is 0 Å². The van der Waals surface area contributed by atoms with E-state index in [1.54, 1.807) is 16.7 Å². The van der Waals surface area contributed by atoms with E-state index in [9.17, 15) is 4.79 Å². The summed E-state index contributed by atoms with van der Waals surface area (Å²) >= 11 is 18.3. The maximum atomic E-state index is 12.2. The number of rotatable bonds is 1. The molecule has 3 aromatic rings. The molecule has 1 aromatic carbocycles. The number of hydrogen-bond acceptors (Lipinski definition) is 3. The molecule has 2 aromatic heterocycles. The van der Waals surface area contributed by atoms with Gasteiger partial charge in [0.1, 0.15) is 0 Å². The van der Waals surface area contributed by atoms with Crippen LogP contribution in [-0.4, -0.2) is 10.5 Å². The van der Waals surface area contributed by atoms with Crippen molar-refractivity contribution in [1.29, 1.82) is 0 Å². The molecule has 0 radical (unpaired) electrons. The number of carbonyl (C=O) groups excluding carboxylic acids is 1. The summed E-state index contributed by atoms with van der Waals surface area (Å²) < 4.78 is 3.60. The molecule has 0 spiro atoms. The number of thiazole rings is 1. The third-order valence-electron chi connectivity index (χ3n) is 2.80. The van der Waals surface area contributed by atoms with Gasteiger partial charge in [0.15, 0.2) is 4.80 Å². The average molecular weight is 422 g/mol. The third kappa shape index (κ3) is 2.96. The van der Waals surface area contributed by atoms with Gasteiger partial charge in [-0.2, -0.15) is 4.99 Å². The van der Waals surface area contributed by atoms with E-state index in [-0.39, 0.29) is 5.91 Å². The van der Waals surface area contributed by atoms with Gasteiger partial charge < -0.3 is 4.57 Å². The van der Waals surface area contributed by atoms with Crippen LogP contribution in [0.5, 0.6) is 0 Å². The standard InChI is InChI=1S/C13H7BrCl2N2OS2/c1-18-11-7(16)4-6(15)5-9(11)21-13(18)17-12(19)8-2-3-10(14)20-8/h2-5H,1H3. The second kappa shape index (κ2) is 5.85. The fourth-order valence-corrected chi connectivity index (χ4v) is 4.97. The zero-order valence-electron chi connectivity index (χ0n) is 10.6. The van der Waals surface area contributed by atoms with Crippen LogP contribution in [0, 0.1) is 0 Å². The summed E-state index contributed by atoms with van der Waals surface area (Å²) in [4.78, 5) is 17.5. The summed E-state index contributed by atoms with van der Waals surface area (Å²) in [5, 5.41) is 1.11. The Balaban J connectivity index is 2.16. The molecule has 0 saturated heterocycles. The Hall–Kier alpha value is -0.660. The van der Waals surface area contributed by atoms with Crippen molar-refractivity contribution in [2.45, 2.75) is 0 Å². The van der Waals surface area contributed by atoms with E-state index in [1.165, 1.54) is 22.7 Å². The fraction of sp³-hybridized carbons (Fsp3) is 0.0769. The molecular weight excluding hydrogens is 415 g/mol. The quantitative estimate of drug-likeness (QED) is 0.537. The number of fused-ring (bicyclic) bond motifs is 1. The van der Waals surface area contributed by atoms with E-state index in [0.29, 0.717) is 19.7 Å². The van der Waals surface area contributed by atoms with Gasteiger partial charge in [-0.25, -0.2) is 0 Å². The Morgan fingerprint density at radius 2 is 2.05 bits per heavy atom. The lowest BCUT2D eigenvalue weighted by atomic mass is 10.3. The minimum absolute atomic E-state index is 0.268. The van der Waals surface area contributed by atoms with Crippen LogP contribution < -0.4 is 4.80 Å². The molecule has 108 valence electrons. The lowest BCUT2D eigenvalue weighted by Gasteiger charge is -1.98. The number of aryl methyl sites for hydroxylation is 1. The van der Waals surface area contributed by atoms with Crippen LogP contribution in [0.4, 0.5) is 0 Å². The first-order valence-corrected chi connectivity index (χ1v) is 8.93. The number of thiophene rings is 1. The molecule has 0 N–H and O–H groups in total. The summed E-state index contributed by atoms with van der Waals surface area (Å²) in [6, 6.07) is 7.07. The van der Waals surface area contributed by atoms with Crippen LogP contribution in [0.3, 0.4) is 0 Å². The molecular formula is C13H7BrCl2N2OS2. The van der Waals surface area contributed by atoms with Gasteiger partial charge in [-0.1, -0.05) is 34.5 Å². The maximum Gasteiger partial charge on any atom is 0.289 e. The number of nitrogens with zero attached hydrogens (tertiary/aromatic N) is 2. The lowest BCUT2D eigenvalue weighted by molar-refractivity contribution is 0.100. The predicted octanol–water partition coefficient (Wildman–Crippen LogP) is 5.11. The molecule has 8 heteroatoms. The lowest BCUT2D eigenvalue weighted by Crippen LogP contribution is -2.12. The molecule has 0 saturated carbocycles. The van der Waals surface area contributed by atoms with Crippen molar-refractivity contribution in [1.82, 2.24) is 4.57 Å². The smallest absolute Gasteiger partial charge is 0.289 e. The van der Waals surface area contributed by atoms with E-state index >= 15 is 0 Å². The largest absolute Gasteiger partial charge is 0.318 e. The minimum atomic E-state index is -0.268. The van der Waals surface area contributed by atoms with Crippen molar-refractivity contribution in [2.24, 2.45) is 12.0 Å². The molecule has 0 unspecified atom stereocenters. The van der Waals surface area contributed by atoms with Crippen LogP contribution in [-0.2, 0) is 7.05 Å². The Labute approximate surface area is 146 Å². The van der Waals surface area contributed by atoms with Gasteiger partial charge in [0.05, 0.1) is 23.9 Å². The first-order valence-electron chi connectivity index (χ1n) is 5.74. The molecule has 3 nitrogen and oxygen atoms in total. The summed E-state index contributed by atoms with van der Waals surface area (Å²) in [6.45, 7) is 0. The maximum absolute atomic E-state index is 12.2. The van der Waals surface area contributed by atoms with E-state index < -0.39 is 0 Å². The molecule has 2 heterocycles. The van der Waals surface area contributed by atoms with Crippen LogP contribution in [0.15, 0.2) is 33.0 Å². The predicted molar refractivity (Wildman–Crippen MR) is 92.7 cm³/mol. The molecule has 0 bridgehead atoms.